The van der Waals surface area contributed by atoms with E-state index in [1.54, 1.807) is 18.9 Å². The molecule has 3 rings (SSSR count). The fourth-order valence-corrected chi connectivity index (χ4v) is 4.06. The smallest absolute Gasteiger partial charge is 0.191 e. The maximum Gasteiger partial charge on any atom is 0.191 e. The summed E-state index contributed by atoms with van der Waals surface area (Å²) in [5, 5.41) is 20.0. The molecule has 1 N–H and O–H groups in total. The van der Waals surface area contributed by atoms with E-state index in [0.29, 0.717) is 12.3 Å². The van der Waals surface area contributed by atoms with E-state index in [2.05, 4.69) is 33.5 Å². The lowest BCUT2D eigenvalue weighted by Crippen LogP contribution is -2.41. The Morgan fingerprint density at radius 2 is 1.89 bits per heavy atom. The first-order chi connectivity index (χ1) is 13.1. The number of β-amino-alcohol motifs (C(OH)–C–C–N with tert-alkyl or cyclic N) is 1. The largest absolute Gasteiger partial charge is 0.497 e. The molecule has 27 heavy (non-hydrogen) atoms. The number of ether oxygens (including phenoxy) is 2. The molecule has 0 bridgehead atoms. The Kier molecular flexibility index (Phi) is 7.12. The van der Waals surface area contributed by atoms with Crippen LogP contribution in [0.1, 0.15) is 19.9 Å². The first-order valence-electron chi connectivity index (χ1n) is 9.28. The molecule has 2 heterocycles. The first kappa shape index (κ1) is 20.1. The van der Waals surface area contributed by atoms with Crippen LogP contribution < -0.4 is 4.74 Å². The number of aliphatic hydroxyl groups is 1. The number of benzene rings is 1. The average molecular weight is 393 g/mol. The number of aliphatic hydroxyl groups excluding tert-OH is 1. The van der Waals surface area contributed by atoms with Crippen LogP contribution in [0.4, 0.5) is 0 Å². The second-order valence-electron chi connectivity index (χ2n) is 6.88. The lowest BCUT2D eigenvalue weighted by atomic mass is 10.2. The van der Waals surface area contributed by atoms with Crippen LogP contribution in [0.15, 0.2) is 29.4 Å². The molecule has 1 saturated heterocycles. The fourth-order valence-electron chi connectivity index (χ4n) is 3.08. The van der Waals surface area contributed by atoms with Gasteiger partial charge in [0.2, 0.25) is 0 Å². The Labute approximate surface area is 164 Å². The molecule has 0 spiro atoms. The number of thioether (sulfide) groups is 1. The van der Waals surface area contributed by atoms with Crippen molar-refractivity contribution in [3.63, 3.8) is 0 Å². The number of hydrogen-bond donors (Lipinski definition) is 1. The predicted octanol–water partition coefficient (Wildman–Crippen LogP) is 2.32. The molecule has 148 valence electrons. The van der Waals surface area contributed by atoms with Gasteiger partial charge in [-0.15, -0.1) is 10.2 Å². The summed E-state index contributed by atoms with van der Waals surface area (Å²) in [7, 11) is 1.66. The van der Waals surface area contributed by atoms with Crippen molar-refractivity contribution in [2.24, 2.45) is 0 Å². The van der Waals surface area contributed by atoms with Gasteiger partial charge in [0.25, 0.3) is 0 Å². The number of morpholine rings is 1. The number of rotatable bonds is 8. The third kappa shape index (κ3) is 5.22. The molecule has 1 aromatic heterocycles. The molecule has 7 nitrogen and oxygen atoms in total. The van der Waals surface area contributed by atoms with E-state index in [1.807, 2.05) is 24.3 Å². The van der Waals surface area contributed by atoms with E-state index in [4.69, 9.17) is 9.47 Å². The summed E-state index contributed by atoms with van der Waals surface area (Å²) >= 11 is 1.55. The minimum absolute atomic E-state index is 0.219. The zero-order valence-corrected chi connectivity index (χ0v) is 17.0. The van der Waals surface area contributed by atoms with E-state index in [-0.39, 0.29) is 6.04 Å². The van der Waals surface area contributed by atoms with Crippen LogP contribution in [0.5, 0.6) is 5.75 Å². The summed E-state index contributed by atoms with van der Waals surface area (Å²) in [6.07, 6.45) is -0.408. The molecular formula is C19H28N4O3S. The Morgan fingerprint density at radius 1 is 1.19 bits per heavy atom. The van der Waals surface area contributed by atoms with Gasteiger partial charge in [0.15, 0.2) is 11.0 Å². The van der Waals surface area contributed by atoms with Gasteiger partial charge >= 0.3 is 0 Å². The van der Waals surface area contributed by atoms with Crippen LogP contribution in [0.2, 0.25) is 0 Å². The average Bonchev–Trinajstić information content (AvgIpc) is 3.11. The Bertz CT molecular complexity index is 714. The molecule has 0 unspecified atom stereocenters. The number of hydrogen-bond acceptors (Lipinski definition) is 7. The second-order valence-corrected chi connectivity index (χ2v) is 7.86. The summed E-state index contributed by atoms with van der Waals surface area (Å²) in [5.41, 5.74) is 0.998. The Balaban J connectivity index is 1.67. The SMILES string of the molecule is COc1ccc(-c2nnc(SC[C@@H](O)CN3CCOCC3)n2C(C)C)cc1. The molecule has 1 atom stereocenters. The van der Waals surface area contributed by atoms with Crippen molar-refractivity contribution < 1.29 is 14.6 Å². The highest BCUT2D eigenvalue weighted by molar-refractivity contribution is 7.99. The van der Waals surface area contributed by atoms with Crippen LogP contribution in [-0.4, -0.2) is 76.6 Å². The third-order valence-electron chi connectivity index (χ3n) is 4.51. The molecule has 1 fully saturated rings. The minimum atomic E-state index is -0.408. The summed E-state index contributed by atoms with van der Waals surface area (Å²) in [6.45, 7) is 8.14. The van der Waals surface area contributed by atoms with E-state index < -0.39 is 6.10 Å². The van der Waals surface area contributed by atoms with Crippen LogP contribution in [0.3, 0.4) is 0 Å². The van der Waals surface area contributed by atoms with E-state index in [1.165, 1.54) is 0 Å². The highest BCUT2D eigenvalue weighted by Gasteiger charge is 2.20. The molecule has 1 aromatic carbocycles. The molecule has 1 aliphatic heterocycles. The van der Waals surface area contributed by atoms with Crippen molar-refractivity contribution in [2.75, 3.05) is 45.7 Å². The molecule has 2 aromatic rings. The number of methoxy groups -OCH3 is 1. The minimum Gasteiger partial charge on any atom is -0.497 e. The second kappa shape index (κ2) is 9.54. The van der Waals surface area contributed by atoms with Gasteiger partial charge in [-0.2, -0.15) is 0 Å². The van der Waals surface area contributed by atoms with Gasteiger partial charge < -0.3 is 14.6 Å². The highest BCUT2D eigenvalue weighted by Crippen LogP contribution is 2.29. The van der Waals surface area contributed by atoms with E-state index >= 15 is 0 Å². The molecule has 0 saturated carbocycles. The standard InChI is InChI=1S/C19H28N4O3S/c1-14(2)23-18(15-4-6-17(25-3)7-5-15)20-21-19(23)27-13-16(24)12-22-8-10-26-11-9-22/h4-7,14,16,24H,8-13H2,1-3H3/t16-/m0/s1. The monoisotopic (exact) mass is 392 g/mol. The van der Waals surface area contributed by atoms with Gasteiger partial charge in [-0.1, -0.05) is 11.8 Å². The lowest BCUT2D eigenvalue weighted by Gasteiger charge is -2.28. The van der Waals surface area contributed by atoms with Gasteiger partial charge in [0.05, 0.1) is 26.4 Å². The predicted molar refractivity (Wildman–Crippen MR) is 106 cm³/mol. The highest BCUT2D eigenvalue weighted by atomic mass is 32.2. The van der Waals surface area contributed by atoms with Crippen molar-refractivity contribution >= 4 is 11.8 Å². The first-order valence-corrected chi connectivity index (χ1v) is 10.3. The van der Waals surface area contributed by atoms with E-state index in [9.17, 15) is 5.11 Å². The quantitative estimate of drug-likeness (QED) is 0.691. The zero-order valence-electron chi connectivity index (χ0n) is 16.2. The number of aromatic nitrogens is 3. The maximum absolute atomic E-state index is 10.4. The lowest BCUT2D eigenvalue weighted by molar-refractivity contribution is 0.0188. The summed E-state index contributed by atoms with van der Waals surface area (Å²) in [6, 6.07) is 8.05. The topological polar surface area (TPSA) is 72.6 Å². The van der Waals surface area contributed by atoms with Gasteiger partial charge in [-0.05, 0) is 38.1 Å². The Hall–Kier alpha value is -1.61. The zero-order chi connectivity index (χ0) is 19.2. The van der Waals surface area contributed by atoms with Gasteiger partial charge in [-0.25, -0.2) is 0 Å². The van der Waals surface area contributed by atoms with Crippen LogP contribution >= 0.6 is 11.8 Å². The summed E-state index contributed by atoms with van der Waals surface area (Å²) in [5.74, 6) is 2.23. The van der Waals surface area contributed by atoms with Crippen LogP contribution in [0, 0.1) is 0 Å². The molecule has 1 aliphatic rings. The van der Waals surface area contributed by atoms with Crippen molar-refractivity contribution in [3.8, 4) is 17.1 Å². The van der Waals surface area contributed by atoms with Crippen molar-refractivity contribution in [1.29, 1.82) is 0 Å². The molecule has 8 heteroatoms. The molecule has 0 amide bonds. The van der Waals surface area contributed by atoms with Crippen molar-refractivity contribution in [1.82, 2.24) is 19.7 Å². The molecular weight excluding hydrogens is 364 g/mol. The van der Waals surface area contributed by atoms with Crippen LogP contribution in [0.25, 0.3) is 11.4 Å². The fraction of sp³-hybridized carbons (Fsp3) is 0.579. The Morgan fingerprint density at radius 3 is 2.52 bits per heavy atom. The maximum atomic E-state index is 10.4. The van der Waals surface area contributed by atoms with Crippen LogP contribution in [-0.2, 0) is 4.74 Å². The van der Waals surface area contributed by atoms with Crippen molar-refractivity contribution in [2.45, 2.75) is 31.1 Å². The third-order valence-corrected chi connectivity index (χ3v) is 5.59. The normalized spacial score (nSPS) is 16.6. The number of nitrogens with zero attached hydrogens (tertiary/aromatic N) is 4. The summed E-state index contributed by atoms with van der Waals surface area (Å²) in [4.78, 5) is 2.24. The van der Waals surface area contributed by atoms with Crippen molar-refractivity contribution in [3.05, 3.63) is 24.3 Å². The molecule has 0 radical (unpaired) electrons. The van der Waals surface area contributed by atoms with Gasteiger partial charge in [-0.3, -0.25) is 9.47 Å². The molecule has 0 aliphatic carbocycles. The summed E-state index contributed by atoms with van der Waals surface area (Å²) < 4.78 is 12.7. The van der Waals surface area contributed by atoms with Gasteiger partial charge in [0.1, 0.15) is 5.75 Å². The van der Waals surface area contributed by atoms with Gasteiger partial charge in [0, 0.05) is 37.0 Å². The van der Waals surface area contributed by atoms with E-state index in [0.717, 1.165) is 48.6 Å².